The van der Waals surface area contributed by atoms with Gasteiger partial charge in [-0.3, -0.25) is 0 Å². The number of anilines is 1. The van der Waals surface area contributed by atoms with E-state index in [-0.39, 0.29) is 5.92 Å². The molecule has 2 heterocycles. The van der Waals surface area contributed by atoms with Crippen molar-refractivity contribution in [2.24, 2.45) is 0 Å². The lowest BCUT2D eigenvalue weighted by Crippen LogP contribution is -2.16. The summed E-state index contributed by atoms with van der Waals surface area (Å²) >= 11 is 2.12. The fourth-order valence-electron chi connectivity index (χ4n) is 3.34. The Kier molecular flexibility index (Phi) is 5.07. The average molecular weight is 469 g/mol. The highest BCUT2D eigenvalue weighted by molar-refractivity contribution is 14.1. The highest BCUT2D eigenvalue weighted by atomic mass is 127. The second kappa shape index (κ2) is 7.64. The number of rotatable bonds is 5. The van der Waals surface area contributed by atoms with E-state index >= 15 is 0 Å². The number of hydrogen-bond donors (Lipinski definition) is 2. The number of imidazole rings is 1. The average Bonchev–Trinajstić information content (AvgIpc) is 3.10. The molecule has 0 aliphatic rings. The number of aryl methyl sites for hydroxylation is 2. The zero-order chi connectivity index (χ0) is 18.8. The zero-order valence-corrected chi connectivity index (χ0v) is 17.4. The van der Waals surface area contributed by atoms with Gasteiger partial charge < -0.3 is 10.3 Å². The lowest BCUT2D eigenvalue weighted by molar-refractivity contribution is 0.845. The number of nitrogens with one attached hydrogen (secondary N) is 2. The molecule has 136 valence electrons. The number of fused-ring (bicyclic) bond motifs is 1. The number of hydrogen-bond acceptors (Lipinski definition) is 4. The number of aromatic amines is 1. The van der Waals surface area contributed by atoms with Crippen molar-refractivity contribution < 1.29 is 0 Å². The van der Waals surface area contributed by atoms with Gasteiger partial charge in [0.05, 0.1) is 6.33 Å². The molecule has 0 amide bonds. The Bertz CT molecular complexity index is 1040. The minimum Gasteiger partial charge on any atom is -0.367 e. The maximum Gasteiger partial charge on any atom is 0.194 e. The topological polar surface area (TPSA) is 66.5 Å². The first-order chi connectivity index (χ1) is 13.1. The van der Waals surface area contributed by atoms with E-state index in [0.29, 0.717) is 9.48 Å². The second-order valence-corrected chi connectivity index (χ2v) is 7.67. The molecular formula is C21H20IN5. The van der Waals surface area contributed by atoms with Crippen LogP contribution in [0.15, 0.2) is 54.9 Å². The number of H-pyrrole nitrogens is 1. The fraction of sp³-hybridized carbons (Fsp3) is 0.190. The molecule has 0 atom stereocenters. The molecule has 2 aromatic carbocycles. The van der Waals surface area contributed by atoms with Crippen molar-refractivity contribution in [3.8, 4) is 0 Å². The minimum absolute atomic E-state index is 0.218. The molecule has 6 heteroatoms. The van der Waals surface area contributed by atoms with Gasteiger partial charge in [0.25, 0.3) is 0 Å². The predicted octanol–water partition coefficient (Wildman–Crippen LogP) is 4.82. The van der Waals surface area contributed by atoms with Gasteiger partial charge in [0.2, 0.25) is 0 Å². The van der Waals surface area contributed by atoms with Crippen molar-refractivity contribution in [1.29, 1.82) is 0 Å². The van der Waals surface area contributed by atoms with Crippen LogP contribution in [-0.2, 0) is 0 Å². The van der Waals surface area contributed by atoms with Crippen LogP contribution in [-0.4, -0.2) is 26.5 Å². The molecule has 4 rings (SSSR count). The Morgan fingerprint density at radius 3 is 2.30 bits per heavy atom. The lowest BCUT2D eigenvalue weighted by atomic mass is 9.89. The summed E-state index contributed by atoms with van der Waals surface area (Å²) in [6.07, 6.45) is 1.65. The highest BCUT2D eigenvalue weighted by Gasteiger charge is 2.16. The van der Waals surface area contributed by atoms with E-state index in [2.05, 4.69) is 110 Å². The molecule has 0 saturated carbocycles. The number of nitrogens with zero attached hydrogens (tertiary/aromatic N) is 3. The molecule has 0 unspecified atom stereocenters. The maximum atomic E-state index is 4.56. The van der Waals surface area contributed by atoms with Crippen molar-refractivity contribution in [2.75, 3.05) is 11.9 Å². The van der Waals surface area contributed by atoms with Crippen LogP contribution < -0.4 is 5.32 Å². The third-order valence-corrected chi connectivity index (χ3v) is 5.10. The summed E-state index contributed by atoms with van der Waals surface area (Å²) in [5.74, 6) is 1.00. The van der Waals surface area contributed by atoms with Crippen LogP contribution in [0.25, 0.3) is 11.2 Å². The molecule has 2 aromatic heterocycles. The van der Waals surface area contributed by atoms with Gasteiger partial charge in [-0.05, 0) is 25.0 Å². The van der Waals surface area contributed by atoms with Gasteiger partial charge in [-0.25, -0.2) is 15.0 Å². The van der Waals surface area contributed by atoms with E-state index in [1.54, 1.807) is 6.33 Å². The Balaban J connectivity index is 1.70. The van der Waals surface area contributed by atoms with Gasteiger partial charge in [0, 0.05) is 35.1 Å². The second-order valence-electron chi connectivity index (χ2n) is 6.70. The van der Waals surface area contributed by atoms with Crippen molar-refractivity contribution >= 4 is 39.6 Å². The van der Waals surface area contributed by atoms with Gasteiger partial charge in [0.15, 0.2) is 15.3 Å². The summed E-state index contributed by atoms with van der Waals surface area (Å²) < 4.78 is 0.678. The third-order valence-electron chi connectivity index (χ3n) is 4.62. The monoisotopic (exact) mass is 469 g/mol. The van der Waals surface area contributed by atoms with Crippen molar-refractivity contribution in [1.82, 2.24) is 19.9 Å². The molecule has 0 radical (unpaired) electrons. The molecule has 0 fully saturated rings. The summed E-state index contributed by atoms with van der Waals surface area (Å²) in [7, 11) is 0. The standard InChI is InChI=1S/C21H20IN5/c1-13-5-3-7-15(9-13)17(16-8-4-6-14(2)10-16)11-23-19-18-20(25-12-24-18)27-21(22)26-19/h3-10,12,17H,11H2,1-2H3,(H2,23,24,25,26,27). The van der Waals surface area contributed by atoms with E-state index in [9.17, 15) is 0 Å². The zero-order valence-electron chi connectivity index (χ0n) is 15.2. The number of aromatic nitrogens is 4. The smallest absolute Gasteiger partial charge is 0.194 e. The summed E-state index contributed by atoms with van der Waals surface area (Å²) in [5, 5.41) is 3.52. The van der Waals surface area contributed by atoms with Crippen molar-refractivity contribution in [3.05, 3.63) is 80.9 Å². The van der Waals surface area contributed by atoms with Crippen LogP contribution in [0.1, 0.15) is 28.2 Å². The van der Waals surface area contributed by atoms with Gasteiger partial charge in [-0.2, -0.15) is 0 Å². The molecule has 27 heavy (non-hydrogen) atoms. The first-order valence-electron chi connectivity index (χ1n) is 8.84. The number of benzene rings is 2. The molecular weight excluding hydrogens is 449 g/mol. The van der Waals surface area contributed by atoms with Crippen molar-refractivity contribution in [3.63, 3.8) is 0 Å². The van der Waals surface area contributed by atoms with E-state index in [4.69, 9.17) is 0 Å². The summed E-state index contributed by atoms with van der Waals surface area (Å²) in [4.78, 5) is 16.3. The van der Waals surface area contributed by atoms with Crippen LogP contribution in [0.3, 0.4) is 0 Å². The molecule has 0 aliphatic heterocycles. The Labute approximate surface area is 171 Å². The summed E-state index contributed by atoms with van der Waals surface area (Å²) in [6.45, 7) is 4.99. The lowest BCUT2D eigenvalue weighted by Gasteiger charge is -2.20. The van der Waals surface area contributed by atoms with Crippen LogP contribution in [0, 0.1) is 17.7 Å². The quantitative estimate of drug-likeness (QED) is 0.325. The predicted molar refractivity (Wildman–Crippen MR) is 117 cm³/mol. The molecule has 5 nitrogen and oxygen atoms in total. The van der Waals surface area contributed by atoms with Gasteiger partial charge >= 0.3 is 0 Å². The van der Waals surface area contributed by atoms with Gasteiger partial charge in [-0.15, -0.1) is 0 Å². The van der Waals surface area contributed by atoms with Gasteiger partial charge in [-0.1, -0.05) is 59.7 Å². The van der Waals surface area contributed by atoms with Crippen LogP contribution in [0.2, 0.25) is 0 Å². The maximum absolute atomic E-state index is 4.56. The Morgan fingerprint density at radius 2 is 1.67 bits per heavy atom. The molecule has 0 bridgehead atoms. The van der Waals surface area contributed by atoms with Crippen LogP contribution in [0.5, 0.6) is 0 Å². The Morgan fingerprint density at radius 1 is 1.00 bits per heavy atom. The highest BCUT2D eigenvalue weighted by Crippen LogP contribution is 2.27. The third kappa shape index (κ3) is 3.95. The SMILES string of the molecule is Cc1cccc(C(CNc2nc(I)nc3nc[nH]c23)c2cccc(C)c2)c1. The number of halogens is 1. The normalized spacial score (nSPS) is 11.3. The van der Waals surface area contributed by atoms with E-state index in [0.717, 1.165) is 17.9 Å². The van der Waals surface area contributed by atoms with Crippen LogP contribution >= 0.6 is 22.6 Å². The van der Waals surface area contributed by atoms with Gasteiger partial charge in [0.1, 0.15) is 5.52 Å². The first-order valence-corrected chi connectivity index (χ1v) is 9.91. The molecule has 4 aromatic rings. The largest absolute Gasteiger partial charge is 0.367 e. The van der Waals surface area contributed by atoms with Crippen molar-refractivity contribution in [2.45, 2.75) is 19.8 Å². The summed E-state index contributed by atoms with van der Waals surface area (Å²) in [5.41, 5.74) is 6.62. The molecule has 2 N–H and O–H groups in total. The fourth-order valence-corrected chi connectivity index (χ4v) is 3.80. The summed E-state index contributed by atoms with van der Waals surface area (Å²) in [6, 6.07) is 17.4. The molecule has 0 spiro atoms. The molecule has 0 saturated heterocycles. The van der Waals surface area contributed by atoms with Crippen LogP contribution in [0.4, 0.5) is 5.82 Å². The minimum atomic E-state index is 0.218. The molecule has 0 aliphatic carbocycles. The van der Waals surface area contributed by atoms with E-state index < -0.39 is 0 Å². The van der Waals surface area contributed by atoms with E-state index in [1.807, 2.05) is 0 Å². The first kappa shape index (κ1) is 17.9. The van der Waals surface area contributed by atoms with E-state index in [1.165, 1.54) is 22.3 Å². The Hall–Kier alpha value is -2.48.